The van der Waals surface area contributed by atoms with Crippen LogP contribution in [0.25, 0.3) is 16.7 Å². The average molecular weight is 444 g/mol. The molecule has 0 radical (unpaired) electrons. The minimum absolute atomic E-state index is 0.0546. The summed E-state index contributed by atoms with van der Waals surface area (Å²) in [6.07, 6.45) is 7.02. The Hall–Kier alpha value is -2.49. The van der Waals surface area contributed by atoms with Crippen LogP contribution in [0.5, 0.6) is 0 Å². The van der Waals surface area contributed by atoms with Crippen molar-refractivity contribution in [3.63, 3.8) is 0 Å². The van der Waals surface area contributed by atoms with Crippen molar-refractivity contribution in [1.29, 1.82) is 0 Å². The zero-order valence-electron chi connectivity index (χ0n) is 17.8. The van der Waals surface area contributed by atoms with E-state index in [1.54, 1.807) is 20.0 Å². The Balaban J connectivity index is 1.51. The summed E-state index contributed by atoms with van der Waals surface area (Å²) in [4.78, 5) is 9.06. The fourth-order valence-electron chi connectivity index (χ4n) is 4.44. The molecule has 0 aliphatic heterocycles. The summed E-state index contributed by atoms with van der Waals surface area (Å²) in [6.45, 7) is 3.56. The van der Waals surface area contributed by atoms with E-state index < -0.39 is 15.6 Å². The van der Waals surface area contributed by atoms with Crippen LogP contribution in [0.15, 0.2) is 42.7 Å². The summed E-state index contributed by atoms with van der Waals surface area (Å²) in [5.41, 5.74) is 0.895. The van der Waals surface area contributed by atoms with Crippen molar-refractivity contribution in [1.82, 2.24) is 14.5 Å². The predicted octanol–water partition coefficient (Wildman–Crippen LogP) is 2.91. The highest BCUT2D eigenvalue weighted by molar-refractivity contribution is 7.89. The molecule has 4 rings (SSSR count). The number of hydrogen-bond acceptors (Lipinski definition) is 6. The van der Waals surface area contributed by atoms with Crippen LogP contribution < -0.4 is 10.5 Å². The third-order valence-corrected chi connectivity index (χ3v) is 6.86. The van der Waals surface area contributed by atoms with Crippen molar-refractivity contribution in [3.05, 3.63) is 48.3 Å². The number of hydrogen-bond donors (Lipinski definition) is 3. The molecule has 1 aromatic carbocycles. The standard InChI is InChI=1S/C22H29N5O3S/c1-22(2,28)18-4-3-5-19-17(18)11-13-27(19)20-10-12-24-21(26-20)25-16-8-6-15(7-9-16)14-31(23,29)30/h3-5,10-13,15-16,28H,6-9,14H2,1-2H3,(H2,23,29,30)(H,24,25,26). The summed E-state index contributed by atoms with van der Waals surface area (Å²) in [5.74, 6) is 1.46. The van der Waals surface area contributed by atoms with E-state index in [-0.39, 0.29) is 17.7 Å². The SMILES string of the molecule is CC(C)(O)c1cccc2c1ccn2-c1ccnc(NC2CCC(CS(N)(=O)=O)CC2)n1. The molecule has 0 saturated heterocycles. The summed E-state index contributed by atoms with van der Waals surface area (Å²) in [6, 6.07) is 9.93. The lowest BCUT2D eigenvalue weighted by Crippen LogP contribution is -2.31. The Morgan fingerprint density at radius 1 is 1.19 bits per heavy atom. The molecule has 0 spiro atoms. The Morgan fingerprint density at radius 2 is 1.94 bits per heavy atom. The Labute approximate surface area is 182 Å². The highest BCUT2D eigenvalue weighted by Gasteiger charge is 2.25. The smallest absolute Gasteiger partial charge is 0.224 e. The van der Waals surface area contributed by atoms with Gasteiger partial charge < -0.3 is 15.0 Å². The first-order valence-electron chi connectivity index (χ1n) is 10.5. The molecule has 2 heterocycles. The topological polar surface area (TPSA) is 123 Å². The molecule has 9 heteroatoms. The van der Waals surface area contributed by atoms with Gasteiger partial charge in [-0.3, -0.25) is 0 Å². The van der Waals surface area contributed by atoms with Gasteiger partial charge in [0.2, 0.25) is 16.0 Å². The van der Waals surface area contributed by atoms with E-state index in [4.69, 9.17) is 10.1 Å². The molecule has 1 aliphatic rings. The molecular formula is C22H29N5O3S. The zero-order chi connectivity index (χ0) is 22.2. The Morgan fingerprint density at radius 3 is 2.61 bits per heavy atom. The molecule has 0 unspecified atom stereocenters. The summed E-state index contributed by atoms with van der Waals surface area (Å²) in [5, 5.41) is 20.0. The normalized spacial score (nSPS) is 20.1. The molecule has 1 aliphatic carbocycles. The van der Waals surface area contributed by atoms with Gasteiger partial charge >= 0.3 is 0 Å². The van der Waals surface area contributed by atoms with Crippen molar-refractivity contribution >= 4 is 26.9 Å². The summed E-state index contributed by atoms with van der Waals surface area (Å²) in [7, 11) is -3.42. The van der Waals surface area contributed by atoms with E-state index in [1.807, 2.05) is 41.1 Å². The minimum atomic E-state index is -3.42. The monoisotopic (exact) mass is 443 g/mol. The van der Waals surface area contributed by atoms with E-state index in [1.165, 1.54) is 0 Å². The molecular weight excluding hydrogens is 414 g/mol. The molecule has 31 heavy (non-hydrogen) atoms. The number of fused-ring (bicyclic) bond motifs is 1. The number of benzene rings is 1. The number of rotatable bonds is 6. The molecule has 3 aromatic rings. The first-order valence-corrected chi connectivity index (χ1v) is 12.2. The second-order valence-corrected chi connectivity index (χ2v) is 10.6. The highest BCUT2D eigenvalue weighted by Crippen LogP contribution is 2.31. The maximum atomic E-state index is 11.3. The molecule has 0 bridgehead atoms. The van der Waals surface area contributed by atoms with Crippen LogP contribution in [-0.2, 0) is 15.6 Å². The van der Waals surface area contributed by atoms with Gasteiger partial charge in [0.05, 0.1) is 16.9 Å². The maximum Gasteiger partial charge on any atom is 0.224 e. The number of aliphatic hydroxyl groups is 1. The number of nitrogens with one attached hydrogen (secondary N) is 1. The van der Waals surface area contributed by atoms with Gasteiger partial charge in [-0.15, -0.1) is 0 Å². The van der Waals surface area contributed by atoms with Gasteiger partial charge in [0.1, 0.15) is 5.82 Å². The largest absolute Gasteiger partial charge is 0.386 e. The number of anilines is 1. The lowest BCUT2D eigenvalue weighted by Gasteiger charge is -2.28. The fraction of sp³-hybridized carbons (Fsp3) is 0.455. The van der Waals surface area contributed by atoms with Crippen molar-refractivity contribution in [2.75, 3.05) is 11.1 Å². The molecule has 4 N–H and O–H groups in total. The van der Waals surface area contributed by atoms with Crippen LogP contribution in [0.1, 0.15) is 45.1 Å². The second kappa shape index (κ2) is 8.22. The van der Waals surface area contributed by atoms with Gasteiger partial charge in [-0.1, -0.05) is 12.1 Å². The Kier molecular flexibility index (Phi) is 5.76. The van der Waals surface area contributed by atoms with E-state index in [9.17, 15) is 13.5 Å². The van der Waals surface area contributed by atoms with Crippen molar-refractivity contribution in [2.45, 2.75) is 51.2 Å². The zero-order valence-corrected chi connectivity index (χ0v) is 18.6. The van der Waals surface area contributed by atoms with Crippen molar-refractivity contribution < 1.29 is 13.5 Å². The lowest BCUT2D eigenvalue weighted by atomic mass is 9.87. The quantitative estimate of drug-likeness (QED) is 0.538. The number of primary sulfonamides is 1. The Bertz CT molecular complexity index is 1180. The van der Waals surface area contributed by atoms with Crippen LogP contribution in [0.4, 0.5) is 5.95 Å². The number of nitrogens with two attached hydrogens (primary N) is 1. The third kappa shape index (κ3) is 5.06. The molecule has 2 aromatic heterocycles. The van der Waals surface area contributed by atoms with Crippen LogP contribution in [0.2, 0.25) is 0 Å². The van der Waals surface area contributed by atoms with E-state index in [0.717, 1.165) is 48.0 Å². The van der Waals surface area contributed by atoms with Gasteiger partial charge in [0, 0.05) is 23.8 Å². The lowest BCUT2D eigenvalue weighted by molar-refractivity contribution is 0.0802. The summed E-state index contributed by atoms with van der Waals surface area (Å²) >= 11 is 0. The third-order valence-electron chi connectivity index (χ3n) is 5.93. The van der Waals surface area contributed by atoms with Gasteiger partial charge in [-0.05, 0) is 69.2 Å². The number of sulfonamides is 1. The summed E-state index contributed by atoms with van der Waals surface area (Å²) < 4.78 is 24.6. The molecule has 0 amide bonds. The van der Waals surface area contributed by atoms with Crippen molar-refractivity contribution in [3.8, 4) is 5.82 Å². The second-order valence-electron chi connectivity index (χ2n) is 8.91. The van der Waals surface area contributed by atoms with Gasteiger partial charge in [0.25, 0.3) is 0 Å². The molecule has 1 saturated carbocycles. The van der Waals surface area contributed by atoms with Crippen LogP contribution >= 0.6 is 0 Å². The van der Waals surface area contributed by atoms with Gasteiger partial charge in [-0.25, -0.2) is 18.5 Å². The van der Waals surface area contributed by atoms with E-state index in [2.05, 4.69) is 10.3 Å². The highest BCUT2D eigenvalue weighted by atomic mass is 32.2. The first-order chi connectivity index (χ1) is 14.6. The van der Waals surface area contributed by atoms with Crippen molar-refractivity contribution in [2.24, 2.45) is 11.1 Å². The molecule has 8 nitrogen and oxygen atoms in total. The number of nitrogens with zero attached hydrogens (tertiary/aromatic N) is 3. The molecule has 1 fully saturated rings. The fourth-order valence-corrected chi connectivity index (χ4v) is 5.43. The first kappa shape index (κ1) is 21.7. The van der Waals surface area contributed by atoms with Gasteiger partial charge in [0.15, 0.2) is 0 Å². The molecule has 166 valence electrons. The van der Waals surface area contributed by atoms with Crippen LogP contribution in [-0.4, -0.2) is 39.9 Å². The number of aromatic nitrogens is 3. The maximum absolute atomic E-state index is 11.3. The molecule has 0 atom stereocenters. The minimum Gasteiger partial charge on any atom is -0.386 e. The average Bonchev–Trinajstić information content (AvgIpc) is 3.12. The van der Waals surface area contributed by atoms with E-state index >= 15 is 0 Å². The van der Waals surface area contributed by atoms with Crippen LogP contribution in [0.3, 0.4) is 0 Å². The van der Waals surface area contributed by atoms with Gasteiger partial charge in [-0.2, -0.15) is 4.98 Å². The predicted molar refractivity (Wildman–Crippen MR) is 121 cm³/mol. The van der Waals surface area contributed by atoms with E-state index in [0.29, 0.717) is 5.95 Å². The van der Waals surface area contributed by atoms with Crippen LogP contribution in [0, 0.1) is 5.92 Å².